The van der Waals surface area contributed by atoms with Gasteiger partial charge in [0, 0.05) is 23.3 Å². The molecule has 16 heteroatoms. The van der Waals surface area contributed by atoms with Gasteiger partial charge in [0.15, 0.2) is 9.84 Å². The Labute approximate surface area is 337 Å². The molecule has 4 aromatic rings. The lowest BCUT2D eigenvalue weighted by molar-refractivity contribution is 0.255. The molecule has 0 fully saturated rings. The molecule has 13 nitrogen and oxygen atoms in total. The van der Waals surface area contributed by atoms with Gasteiger partial charge in [-0.2, -0.15) is 0 Å². The van der Waals surface area contributed by atoms with Crippen molar-refractivity contribution in [1.82, 2.24) is 14.4 Å². The number of pyridine rings is 1. The molecule has 1 aliphatic heterocycles. The predicted molar refractivity (Wildman–Crippen MR) is 216 cm³/mol. The van der Waals surface area contributed by atoms with E-state index in [-0.39, 0.29) is 32.3 Å². The monoisotopic (exact) mass is 841 g/mol. The third-order valence-electron chi connectivity index (χ3n) is 13.2. The Morgan fingerprint density at radius 1 is 0.603 bits per heavy atom. The van der Waals surface area contributed by atoms with Gasteiger partial charge in [0.05, 0.1) is 15.5 Å². The standard InChI is InChI=1S/C42H43N5O8S3/c48-41(47-58(54,55)29-19-26-6-3-9-36(26)43-22-29)44-39-30-7-2-5-25(30)20-35-32(14-15-34(35)39)33-13-11-27-18-24-4-1-8-31(24)40(38(27)33)45-42(49)46-57(52,53)28-12-10-23-16-17-56(50,51)37(23)21-28/h10,12,18-22,32-33H,1-9,11,13-17H2,(H2,44,47,48)(H2,45,46,49). The minimum atomic E-state index is -4.41. The number of carbonyl (C=O) groups excluding carboxylic acids is 2. The topological polar surface area (TPSA) is 198 Å². The first-order valence-electron chi connectivity index (χ1n) is 20.1. The van der Waals surface area contributed by atoms with Gasteiger partial charge in [-0.3, -0.25) is 4.98 Å². The van der Waals surface area contributed by atoms with E-state index in [1.807, 2.05) is 0 Å². The maximum absolute atomic E-state index is 13.7. The van der Waals surface area contributed by atoms with Gasteiger partial charge in [-0.1, -0.05) is 18.2 Å². The van der Waals surface area contributed by atoms with Gasteiger partial charge in [0.2, 0.25) is 0 Å². The van der Waals surface area contributed by atoms with Gasteiger partial charge in [0.25, 0.3) is 20.0 Å². The fourth-order valence-electron chi connectivity index (χ4n) is 10.6. The highest BCUT2D eigenvalue weighted by molar-refractivity contribution is 7.92. The van der Waals surface area contributed by atoms with Crippen LogP contribution in [0.1, 0.15) is 105 Å². The highest BCUT2D eigenvalue weighted by Gasteiger charge is 2.41. The summed E-state index contributed by atoms with van der Waals surface area (Å²) in [6.07, 6.45) is 12.3. The molecular formula is C42H43N5O8S3. The average Bonchev–Trinajstić information content (AvgIpc) is 4.03. The second-order valence-corrected chi connectivity index (χ2v) is 21.9. The lowest BCUT2D eigenvalue weighted by Gasteiger charge is -2.26. The second-order valence-electron chi connectivity index (χ2n) is 16.5. The summed E-state index contributed by atoms with van der Waals surface area (Å²) >= 11 is 0. The highest BCUT2D eigenvalue weighted by atomic mass is 32.2. The van der Waals surface area contributed by atoms with Crippen molar-refractivity contribution in [2.75, 3.05) is 16.4 Å². The predicted octanol–water partition coefficient (Wildman–Crippen LogP) is 5.66. The van der Waals surface area contributed by atoms with E-state index in [4.69, 9.17) is 0 Å². The molecule has 4 amide bonds. The number of aromatic nitrogens is 1. The molecule has 6 aliphatic rings. The lowest BCUT2D eigenvalue weighted by atomic mass is 9.81. The first-order chi connectivity index (χ1) is 27.8. The molecule has 2 heterocycles. The molecule has 5 aliphatic carbocycles. The van der Waals surface area contributed by atoms with Crippen LogP contribution in [0.15, 0.2) is 57.3 Å². The van der Waals surface area contributed by atoms with Crippen LogP contribution in [-0.2, 0) is 87.7 Å². The number of fused-ring (bicyclic) bond motifs is 6. The molecule has 1 aromatic heterocycles. The number of sulfone groups is 1. The fourth-order valence-corrected chi connectivity index (χ4v) is 14.1. The van der Waals surface area contributed by atoms with Gasteiger partial charge in [0.1, 0.15) is 4.90 Å². The number of nitrogens with zero attached hydrogens (tertiary/aromatic N) is 1. The number of hydrogen-bond acceptors (Lipinski definition) is 9. The van der Waals surface area contributed by atoms with E-state index >= 15 is 0 Å². The van der Waals surface area contributed by atoms with Crippen molar-refractivity contribution in [2.24, 2.45) is 0 Å². The number of amides is 4. The third kappa shape index (κ3) is 6.29. The summed E-state index contributed by atoms with van der Waals surface area (Å²) < 4.78 is 83.1. The van der Waals surface area contributed by atoms with Gasteiger partial charge >= 0.3 is 12.1 Å². The van der Waals surface area contributed by atoms with Crippen molar-refractivity contribution >= 4 is 53.3 Å². The van der Waals surface area contributed by atoms with Crippen LogP contribution in [0.4, 0.5) is 21.0 Å². The number of anilines is 2. The summed E-state index contributed by atoms with van der Waals surface area (Å²) in [6, 6.07) is 8.34. The Kier molecular flexibility index (Phi) is 8.80. The molecule has 2 atom stereocenters. The summed E-state index contributed by atoms with van der Waals surface area (Å²) in [4.78, 5) is 31.2. The van der Waals surface area contributed by atoms with Gasteiger partial charge < -0.3 is 10.6 Å². The summed E-state index contributed by atoms with van der Waals surface area (Å²) in [5.74, 6) is -0.0260. The first-order valence-corrected chi connectivity index (χ1v) is 24.7. The lowest BCUT2D eigenvalue weighted by Crippen LogP contribution is -2.35. The summed E-state index contributed by atoms with van der Waals surface area (Å²) in [7, 11) is -12.2. The molecule has 0 radical (unpaired) electrons. The van der Waals surface area contributed by atoms with Crippen LogP contribution in [-0.4, -0.2) is 48.1 Å². The van der Waals surface area contributed by atoms with Crippen molar-refractivity contribution in [3.63, 3.8) is 0 Å². The van der Waals surface area contributed by atoms with Gasteiger partial charge in [-0.05, 0) is 176 Å². The van der Waals surface area contributed by atoms with Gasteiger partial charge in [-0.15, -0.1) is 0 Å². The van der Waals surface area contributed by atoms with Crippen LogP contribution >= 0.6 is 0 Å². The number of sulfonamides is 2. The molecule has 0 saturated carbocycles. The Hall–Kier alpha value is -4.80. The van der Waals surface area contributed by atoms with E-state index in [1.165, 1.54) is 18.3 Å². The van der Waals surface area contributed by atoms with Crippen LogP contribution in [0, 0.1) is 0 Å². The maximum Gasteiger partial charge on any atom is 0.333 e. The Balaban J connectivity index is 0.938. The molecule has 2 unspecified atom stereocenters. The first kappa shape index (κ1) is 37.5. The zero-order valence-corrected chi connectivity index (χ0v) is 34.2. The molecule has 0 bridgehead atoms. The quantitative estimate of drug-likeness (QED) is 0.182. The fraction of sp³-hybridized carbons (Fsp3) is 0.405. The molecule has 4 N–H and O–H groups in total. The minimum Gasteiger partial charge on any atom is -0.307 e. The number of benzene rings is 3. The van der Waals surface area contributed by atoms with Crippen LogP contribution in [0.5, 0.6) is 0 Å². The minimum absolute atomic E-state index is 0.00444. The SMILES string of the molecule is O=C(Nc1c2c(cc3c1CCC3C1CCc3cc4c(c(NC(=O)NS(=O)(=O)c5ccc6c(c5)S(=O)(=O)CC6)c31)CCC4)CCC2)NS(=O)(=O)c1cnc2c(c1)CCC2. The number of aryl methyl sites for hydroxylation is 6. The molecular weight excluding hydrogens is 799 g/mol. The zero-order valence-electron chi connectivity index (χ0n) is 31.7. The number of urea groups is 2. The molecule has 3 aromatic carbocycles. The number of hydrogen-bond donors (Lipinski definition) is 4. The number of carbonyl (C=O) groups is 2. The smallest absolute Gasteiger partial charge is 0.307 e. The Bertz CT molecular complexity index is 2840. The van der Waals surface area contributed by atoms with E-state index in [0.29, 0.717) is 29.8 Å². The molecule has 302 valence electrons. The van der Waals surface area contributed by atoms with Crippen LogP contribution in [0.3, 0.4) is 0 Å². The van der Waals surface area contributed by atoms with Crippen molar-refractivity contribution < 1.29 is 34.8 Å². The molecule has 10 rings (SSSR count). The number of nitrogens with one attached hydrogen (secondary N) is 4. The Morgan fingerprint density at radius 3 is 2.03 bits per heavy atom. The number of rotatable bonds is 7. The van der Waals surface area contributed by atoms with Gasteiger partial charge in [-0.25, -0.2) is 44.3 Å². The maximum atomic E-state index is 13.7. The highest BCUT2D eigenvalue weighted by Crippen LogP contribution is 2.55. The molecule has 0 spiro atoms. The second kappa shape index (κ2) is 13.6. The molecule has 0 saturated heterocycles. The third-order valence-corrected chi connectivity index (χ3v) is 17.6. The summed E-state index contributed by atoms with van der Waals surface area (Å²) in [5, 5.41) is 5.94. The van der Waals surface area contributed by atoms with Crippen LogP contribution in [0.25, 0.3) is 0 Å². The van der Waals surface area contributed by atoms with E-state index in [2.05, 4.69) is 37.2 Å². The van der Waals surface area contributed by atoms with Crippen molar-refractivity contribution in [3.8, 4) is 0 Å². The normalized spacial score (nSPS) is 20.8. The average molecular weight is 842 g/mol. The van der Waals surface area contributed by atoms with Crippen molar-refractivity contribution in [1.29, 1.82) is 0 Å². The molecule has 58 heavy (non-hydrogen) atoms. The van der Waals surface area contributed by atoms with Crippen molar-refractivity contribution in [2.45, 2.75) is 116 Å². The largest absolute Gasteiger partial charge is 0.333 e. The Morgan fingerprint density at radius 2 is 1.26 bits per heavy atom. The summed E-state index contributed by atoms with van der Waals surface area (Å²) in [5.41, 5.74) is 12.3. The van der Waals surface area contributed by atoms with E-state index in [0.717, 1.165) is 139 Å². The zero-order chi connectivity index (χ0) is 40.1. The summed E-state index contributed by atoms with van der Waals surface area (Å²) in [6.45, 7) is 0. The van der Waals surface area contributed by atoms with Crippen LogP contribution in [0.2, 0.25) is 0 Å². The van der Waals surface area contributed by atoms with Crippen molar-refractivity contribution in [3.05, 3.63) is 104 Å². The van der Waals surface area contributed by atoms with E-state index in [9.17, 15) is 34.8 Å². The van der Waals surface area contributed by atoms with E-state index < -0.39 is 41.9 Å². The van der Waals surface area contributed by atoms with Crippen LogP contribution < -0.4 is 20.1 Å². The van der Waals surface area contributed by atoms with E-state index in [1.54, 1.807) is 6.07 Å².